The van der Waals surface area contributed by atoms with Crippen molar-refractivity contribution >= 4 is 15.9 Å². The van der Waals surface area contributed by atoms with Gasteiger partial charge in [-0.1, -0.05) is 36.7 Å². The Morgan fingerprint density at radius 2 is 2.11 bits per heavy atom. The molecule has 1 heterocycles. The zero-order chi connectivity index (χ0) is 13.2. The number of halogens is 1. The van der Waals surface area contributed by atoms with Crippen LogP contribution < -0.4 is 10.1 Å². The van der Waals surface area contributed by atoms with Crippen molar-refractivity contribution in [1.29, 1.82) is 0 Å². The second-order valence-electron chi connectivity index (χ2n) is 5.98. The van der Waals surface area contributed by atoms with Crippen LogP contribution in [0, 0.1) is 0 Å². The molecule has 1 fully saturated rings. The Labute approximate surface area is 118 Å². The van der Waals surface area contributed by atoms with Gasteiger partial charge in [0.1, 0.15) is 11.9 Å². The van der Waals surface area contributed by atoms with Crippen molar-refractivity contribution in [2.24, 2.45) is 0 Å². The lowest BCUT2D eigenvalue weighted by atomic mass is 9.86. The van der Waals surface area contributed by atoms with E-state index in [9.17, 15) is 0 Å². The third-order valence-corrected chi connectivity index (χ3v) is 3.79. The SMILES string of the molecule is CC(C)(C)c1cc(Br)ccc1OC1CCCNC1. The molecule has 1 atom stereocenters. The summed E-state index contributed by atoms with van der Waals surface area (Å²) in [7, 11) is 0. The van der Waals surface area contributed by atoms with Crippen LogP contribution >= 0.6 is 15.9 Å². The molecule has 0 bridgehead atoms. The standard InChI is InChI=1S/C15H22BrNO/c1-15(2,3)13-9-11(16)6-7-14(13)18-12-5-4-8-17-10-12/h6-7,9,12,17H,4-5,8,10H2,1-3H3. The van der Waals surface area contributed by atoms with Gasteiger partial charge in [-0.2, -0.15) is 0 Å². The van der Waals surface area contributed by atoms with E-state index in [-0.39, 0.29) is 5.41 Å². The summed E-state index contributed by atoms with van der Waals surface area (Å²) in [5, 5.41) is 3.39. The summed E-state index contributed by atoms with van der Waals surface area (Å²) in [5.74, 6) is 1.03. The van der Waals surface area contributed by atoms with Gasteiger partial charge in [-0.15, -0.1) is 0 Å². The van der Waals surface area contributed by atoms with E-state index in [0.29, 0.717) is 6.10 Å². The fourth-order valence-corrected chi connectivity index (χ4v) is 2.65. The van der Waals surface area contributed by atoms with Crippen LogP contribution in [0.2, 0.25) is 0 Å². The molecule has 2 nitrogen and oxygen atoms in total. The lowest BCUT2D eigenvalue weighted by Gasteiger charge is -2.28. The van der Waals surface area contributed by atoms with E-state index in [4.69, 9.17) is 4.74 Å². The van der Waals surface area contributed by atoms with E-state index in [1.54, 1.807) is 0 Å². The number of hydrogen-bond donors (Lipinski definition) is 1. The molecule has 0 saturated carbocycles. The average Bonchev–Trinajstić information content (AvgIpc) is 2.31. The lowest BCUT2D eigenvalue weighted by Crippen LogP contribution is -2.37. The molecule has 0 aliphatic carbocycles. The van der Waals surface area contributed by atoms with Gasteiger partial charge >= 0.3 is 0 Å². The van der Waals surface area contributed by atoms with Crippen LogP contribution in [-0.4, -0.2) is 19.2 Å². The van der Waals surface area contributed by atoms with Crippen LogP contribution in [0.3, 0.4) is 0 Å². The average molecular weight is 312 g/mol. The fourth-order valence-electron chi connectivity index (χ4n) is 2.29. The Morgan fingerprint density at radius 1 is 1.33 bits per heavy atom. The molecule has 1 aliphatic heterocycles. The Morgan fingerprint density at radius 3 is 2.72 bits per heavy atom. The summed E-state index contributed by atoms with van der Waals surface area (Å²) in [6, 6.07) is 6.31. The summed E-state index contributed by atoms with van der Waals surface area (Å²) in [6.45, 7) is 8.74. The summed E-state index contributed by atoms with van der Waals surface area (Å²) < 4.78 is 7.30. The first kappa shape index (κ1) is 13.9. The van der Waals surface area contributed by atoms with Gasteiger partial charge in [0, 0.05) is 16.6 Å². The molecule has 0 radical (unpaired) electrons. The summed E-state index contributed by atoms with van der Waals surface area (Å²) in [6.07, 6.45) is 2.65. The molecule has 1 N–H and O–H groups in total. The van der Waals surface area contributed by atoms with Crippen molar-refractivity contribution < 1.29 is 4.74 Å². The first-order valence-corrected chi connectivity index (χ1v) is 7.43. The molecule has 1 saturated heterocycles. The maximum atomic E-state index is 6.18. The minimum atomic E-state index is 0.0984. The molecule has 1 aromatic carbocycles. The van der Waals surface area contributed by atoms with Gasteiger partial charge in [-0.3, -0.25) is 0 Å². The summed E-state index contributed by atoms with van der Waals surface area (Å²) >= 11 is 3.55. The van der Waals surface area contributed by atoms with Crippen molar-refractivity contribution in [3.63, 3.8) is 0 Å². The Bertz CT molecular complexity index is 405. The number of rotatable bonds is 2. The smallest absolute Gasteiger partial charge is 0.123 e. The maximum absolute atomic E-state index is 6.18. The quantitative estimate of drug-likeness (QED) is 0.895. The van der Waals surface area contributed by atoms with Crippen molar-refractivity contribution in [3.05, 3.63) is 28.2 Å². The molecular formula is C15H22BrNO. The van der Waals surface area contributed by atoms with Gasteiger partial charge in [-0.25, -0.2) is 0 Å². The largest absolute Gasteiger partial charge is 0.489 e. The predicted octanol–water partition coefficient (Wildman–Crippen LogP) is 3.88. The number of nitrogens with one attached hydrogen (secondary N) is 1. The monoisotopic (exact) mass is 311 g/mol. The first-order chi connectivity index (χ1) is 8.47. The number of benzene rings is 1. The fraction of sp³-hybridized carbons (Fsp3) is 0.600. The van der Waals surface area contributed by atoms with Crippen LogP contribution in [0.5, 0.6) is 5.75 Å². The van der Waals surface area contributed by atoms with E-state index in [2.05, 4.69) is 60.2 Å². The van der Waals surface area contributed by atoms with Gasteiger partial charge in [0.05, 0.1) is 0 Å². The Balaban J connectivity index is 2.21. The molecule has 3 heteroatoms. The van der Waals surface area contributed by atoms with E-state index >= 15 is 0 Å². The van der Waals surface area contributed by atoms with Crippen LogP contribution in [0.1, 0.15) is 39.2 Å². The first-order valence-electron chi connectivity index (χ1n) is 6.64. The molecule has 0 amide bonds. The highest BCUT2D eigenvalue weighted by Crippen LogP contribution is 2.34. The topological polar surface area (TPSA) is 21.3 Å². The highest BCUT2D eigenvalue weighted by atomic mass is 79.9. The van der Waals surface area contributed by atoms with Gasteiger partial charge < -0.3 is 10.1 Å². The van der Waals surface area contributed by atoms with Gasteiger partial charge in [0.25, 0.3) is 0 Å². The van der Waals surface area contributed by atoms with Crippen LogP contribution in [0.15, 0.2) is 22.7 Å². The van der Waals surface area contributed by atoms with Crippen molar-refractivity contribution in [1.82, 2.24) is 5.32 Å². The zero-order valence-electron chi connectivity index (χ0n) is 11.4. The van der Waals surface area contributed by atoms with Gasteiger partial charge in [0.15, 0.2) is 0 Å². The highest BCUT2D eigenvalue weighted by molar-refractivity contribution is 9.10. The minimum Gasteiger partial charge on any atom is -0.489 e. The lowest BCUT2D eigenvalue weighted by molar-refractivity contribution is 0.164. The number of piperidine rings is 1. The van der Waals surface area contributed by atoms with E-state index in [0.717, 1.165) is 29.7 Å². The summed E-state index contributed by atoms with van der Waals surface area (Å²) in [4.78, 5) is 0. The number of ether oxygens (including phenoxy) is 1. The molecule has 1 aliphatic rings. The van der Waals surface area contributed by atoms with Crippen LogP contribution in [-0.2, 0) is 5.41 Å². The second-order valence-corrected chi connectivity index (χ2v) is 6.89. The molecule has 1 unspecified atom stereocenters. The van der Waals surface area contributed by atoms with Crippen LogP contribution in [0.4, 0.5) is 0 Å². The van der Waals surface area contributed by atoms with E-state index < -0.39 is 0 Å². The molecule has 0 aromatic heterocycles. The third kappa shape index (κ3) is 3.48. The Hall–Kier alpha value is -0.540. The second kappa shape index (κ2) is 5.62. The highest BCUT2D eigenvalue weighted by Gasteiger charge is 2.22. The van der Waals surface area contributed by atoms with Crippen molar-refractivity contribution in [2.45, 2.75) is 45.1 Å². The van der Waals surface area contributed by atoms with E-state index in [1.165, 1.54) is 12.0 Å². The van der Waals surface area contributed by atoms with Crippen molar-refractivity contribution in [3.8, 4) is 5.75 Å². The van der Waals surface area contributed by atoms with Crippen LogP contribution in [0.25, 0.3) is 0 Å². The molecule has 100 valence electrons. The normalized spacial score (nSPS) is 20.8. The zero-order valence-corrected chi connectivity index (χ0v) is 13.0. The summed E-state index contributed by atoms with van der Waals surface area (Å²) in [5.41, 5.74) is 1.36. The van der Waals surface area contributed by atoms with Gasteiger partial charge in [-0.05, 0) is 43.0 Å². The Kier molecular flexibility index (Phi) is 4.33. The molecule has 0 spiro atoms. The van der Waals surface area contributed by atoms with Crippen molar-refractivity contribution in [2.75, 3.05) is 13.1 Å². The predicted molar refractivity (Wildman–Crippen MR) is 79.4 cm³/mol. The number of hydrogen-bond acceptors (Lipinski definition) is 2. The maximum Gasteiger partial charge on any atom is 0.123 e. The molecule has 1 aromatic rings. The molecule has 2 rings (SSSR count). The molecule has 18 heavy (non-hydrogen) atoms. The third-order valence-electron chi connectivity index (χ3n) is 3.29. The minimum absolute atomic E-state index is 0.0984. The molecular weight excluding hydrogens is 290 g/mol. The van der Waals surface area contributed by atoms with E-state index in [1.807, 2.05) is 0 Å². The van der Waals surface area contributed by atoms with Gasteiger partial charge in [0.2, 0.25) is 0 Å².